The zero-order chi connectivity index (χ0) is 13.7. The van der Waals surface area contributed by atoms with Crippen LogP contribution in [0.25, 0.3) is 0 Å². The molecule has 1 unspecified atom stereocenters. The van der Waals surface area contributed by atoms with E-state index in [1.165, 1.54) is 12.3 Å². The van der Waals surface area contributed by atoms with Gasteiger partial charge in [-0.2, -0.15) is 0 Å². The Balaban J connectivity index is 2.67. The molecule has 0 aliphatic carbocycles. The van der Waals surface area contributed by atoms with Gasteiger partial charge in [0.15, 0.2) is 0 Å². The first-order valence-electron chi connectivity index (χ1n) is 5.96. The summed E-state index contributed by atoms with van der Waals surface area (Å²) >= 11 is 3.08. The minimum Gasteiger partial charge on any atom is -0.491 e. The van der Waals surface area contributed by atoms with Crippen LogP contribution in [0.2, 0.25) is 0 Å². The highest BCUT2D eigenvalue weighted by Crippen LogP contribution is 2.30. The SMILES string of the molecule is CC(C)CC(C)COc1cnc(Br)cc1C(F)F. The first kappa shape index (κ1) is 15.3. The van der Waals surface area contributed by atoms with Crippen LogP contribution in [0.5, 0.6) is 5.75 Å². The van der Waals surface area contributed by atoms with Crippen LogP contribution in [0.15, 0.2) is 16.9 Å². The maximum Gasteiger partial charge on any atom is 0.267 e. The normalized spacial score (nSPS) is 13.1. The number of alkyl halides is 2. The van der Waals surface area contributed by atoms with E-state index in [2.05, 4.69) is 34.8 Å². The zero-order valence-electron chi connectivity index (χ0n) is 10.8. The third-order valence-corrected chi connectivity index (χ3v) is 2.93. The van der Waals surface area contributed by atoms with E-state index >= 15 is 0 Å². The second kappa shape index (κ2) is 7.02. The van der Waals surface area contributed by atoms with Gasteiger partial charge in [-0.05, 0) is 40.3 Å². The minimum atomic E-state index is -2.56. The summed E-state index contributed by atoms with van der Waals surface area (Å²) in [4.78, 5) is 3.92. The van der Waals surface area contributed by atoms with Crippen molar-refractivity contribution < 1.29 is 13.5 Å². The molecule has 1 atom stereocenters. The van der Waals surface area contributed by atoms with Crippen molar-refractivity contribution in [2.75, 3.05) is 6.61 Å². The first-order valence-corrected chi connectivity index (χ1v) is 6.75. The summed E-state index contributed by atoms with van der Waals surface area (Å²) < 4.78 is 31.5. The van der Waals surface area contributed by atoms with E-state index in [0.717, 1.165) is 6.42 Å². The second-order valence-corrected chi connectivity index (χ2v) is 5.70. The van der Waals surface area contributed by atoms with E-state index in [4.69, 9.17) is 4.74 Å². The van der Waals surface area contributed by atoms with Gasteiger partial charge in [0.05, 0.1) is 18.4 Å². The standard InChI is InChI=1S/C13H18BrF2NO/c1-8(2)4-9(3)7-18-11-6-17-12(14)5-10(11)13(15)16/h5-6,8-9,13H,4,7H2,1-3H3. The lowest BCUT2D eigenvalue weighted by molar-refractivity contribution is 0.142. The van der Waals surface area contributed by atoms with Gasteiger partial charge in [0, 0.05) is 0 Å². The molecule has 1 aromatic rings. The maximum absolute atomic E-state index is 12.8. The third kappa shape index (κ3) is 4.88. The molecule has 0 aliphatic heterocycles. The predicted octanol–water partition coefficient (Wildman–Crippen LogP) is 4.84. The van der Waals surface area contributed by atoms with Crippen LogP contribution in [0.3, 0.4) is 0 Å². The topological polar surface area (TPSA) is 22.1 Å². The molecule has 2 nitrogen and oxygen atoms in total. The van der Waals surface area contributed by atoms with Crippen molar-refractivity contribution in [1.82, 2.24) is 4.98 Å². The number of halogens is 3. The summed E-state index contributed by atoms with van der Waals surface area (Å²) in [6.07, 6.45) is -0.207. The number of nitrogens with zero attached hydrogens (tertiary/aromatic N) is 1. The summed E-state index contributed by atoms with van der Waals surface area (Å²) in [6.45, 7) is 6.74. The van der Waals surface area contributed by atoms with Crippen molar-refractivity contribution in [2.24, 2.45) is 11.8 Å². The molecule has 102 valence electrons. The summed E-state index contributed by atoms with van der Waals surface area (Å²) in [5, 5.41) is 0. The molecule has 0 aliphatic rings. The highest BCUT2D eigenvalue weighted by atomic mass is 79.9. The van der Waals surface area contributed by atoms with Crippen LogP contribution < -0.4 is 4.74 Å². The fourth-order valence-electron chi connectivity index (χ4n) is 1.83. The molecule has 0 N–H and O–H groups in total. The highest BCUT2D eigenvalue weighted by molar-refractivity contribution is 9.10. The Morgan fingerprint density at radius 2 is 2.00 bits per heavy atom. The fraction of sp³-hybridized carbons (Fsp3) is 0.615. The van der Waals surface area contributed by atoms with Gasteiger partial charge in [0.2, 0.25) is 0 Å². The Kier molecular flexibility index (Phi) is 5.99. The van der Waals surface area contributed by atoms with Crippen LogP contribution in [-0.2, 0) is 0 Å². The molecular weight excluding hydrogens is 304 g/mol. The molecule has 0 saturated heterocycles. The number of pyridine rings is 1. The molecule has 0 fully saturated rings. The van der Waals surface area contributed by atoms with Gasteiger partial charge in [0.25, 0.3) is 6.43 Å². The van der Waals surface area contributed by atoms with Gasteiger partial charge in [-0.3, -0.25) is 0 Å². The lowest BCUT2D eigenvalue weighted by Crippen LogP contribution is -2.12. The minimum absolute atomic E-state index is 0.117. The molecule has 5 heteroatoms. The third-order valence-electron chi connectivity index (χ3n) is 2.50. The largest absolute Gasteiger partial charge is 0.491 e. The van der Waals surface area contributed by atoms with Crippen LogP contribution in [0, 0.1) is 11.8 Å². The highest BCUT2D eigenvalue weighted by Gasteiger charge is 2.16. The molecular formula is C13H18BrF2NO. The molecule has 18 heavy (non-hydrogen) atoms. The van der Waals surface area contributed by atoms with Gasteiger partial charge < -0.3 is 4.74 Å². The van der Waals surface area contributed by atoms with Crippen molar-refractivity contribution in [3.63, 3.8) is 0 Å². The summed E-state index contributed by atoms with van der Waals surface area (Å²) in [6, 6.07) is 1.30. The number of aromatic nitrogens is 1. The summed E-state index contributed by atoms with van der Waals surface area (Å²) in [5.41, 5.74) is -0.117. The molecule has 0 saturated carbocycles. The van der Waals surface area contributed by atoms with Crippen LogP contribution in [-0.4, -0.2) is 11.6 Å². The Morgan fingerprint density at radius 3 is 2.56 bits per heavy atom. The van der Waals surface area contributed by atoms with E-state index in [9.17, 15) is 8.78 Å². The van der Waals surface area contributed by atoms with E-state index in [1.54, 1.807) is 0 Å². The fourth-order valence-corrected chi connectivity index (χ4v) is 2.18. The van der Waals surface area contributed by atoms with Crippen molar-refractivity contribution in [2.45, 2.75) is 33.6 Å². The van der Waals surface area contributed by atoms with Crippen LogP contribution in [0.4, 0.5) is 8.78 Å². The van der Waals surface area contributed by atoms with Crippen molar-refractivity contribution in [1.29, 1.82) is 0 Å². The van der Waals surface area contributed by atoms with Gasteiger partial charge >= 0.3 is 0 Å². The Labute approximate surface area is 115 Å². The molecule has 1 aromatic heterocycles. The molecule has 1 heterocycles. The molecule has 0 aromatic carbocycles. The predicted molar refractivity (Wildman–Crippen MR) is 71.0 cm³/mol. The maximum atomic E-state index is 12.8. The average molecular weight is 322 g/mol. The van der Waals surface area contributed by atoms with E-state index < -0.39 is 6.43 Å². The number of hydrogen-bond acceptors (Lipinski definition) is 2. The van der Waals surface area contributed by atoms with E-state index in [0.29, 0.717) is 23.0 Å². The van der Waals surface area contributed by atoms with Gasteiger partial charge in [-0.25, -0.2) is 13.8 Å². The van der Waals surface area contributed by atoms with Crippen LogP contribution in [0.1, 0.15) is 39.2 Å². The van der Waals surface area contributed by atoms with Crippen LogP contribution >= 0.6 is 15.9 Å². The molecule has 0 radical (unpaired) electrons. The molecule has 0 spiro atoms. The first-order chi connectivity index (χ1) is 8.40. The quantitative estimate of drug-likeness (QED) is 0.699. The van der Waals surface area contributed by atoms with Gasteiger partial charge in [-0.1, -0.05) is 20.8 Å². The smallest absolute Gasteiger partial charge is 0.267 e. The number of hydrogen-bond donors (Lipinski definition) is 0. The second-order valence-electron chi connectivity index (χ2n) is 4.89. The van der Waals surface area contributed by atoms with E-state index in [-0.39, 0.29) is 11.3 Å². The average Bonchev–Trinajstić information content (AvgIpc) is 2.26. The summed E-state index contributed by atoms with van der Waals surface area (Å²) in [5.74, 6) is 1.07. The monoisotopic (exact) mass is 321 g/mol. The van der Waals surface area contributed by atoms with E-state index in [1.807, 2.05) is 6.92 Å². The number of rotatable bonds is 6. The van der Waals surface area contributed by atoms with Crippen molar-refractivity contribution in [3.05, 3.63) is 22.4 Å². The lowest BCUT2D eigenvalue weighted by atomic mass is 10.00. The number of ether oxygens (including phenoxy) is 1. The van der Waals surface area contributed by atoms with Crippen molar-refractivity contribution >= 4 is 15.9 Å². The van der Waals surface area contributed by atoms with Gasteiger partial charge in [-0.15, -0.1) is 0 Å². The molecule has 1 rings (SSSR count). The Bertz CT molecular complexity index is 385. The van der Waals surface area contributed by atoms with Gasteiger partial charge in [0.1, 0.15) is 10.4 Å². The summed E-state index contributed by atoms with van der Waals surface area (Å²) in [7, 11) is 0. The molecule has 0 amide bonds. The zero-order valence-corrected chi connectivity index (χ0v) is 12.4. The Hall–Kier alpha value is -0.710. The van der Waals surface area contributed by atoms with Crippen molar-refractivity contribution in [3.8, 4) is 5.75 Å². The molecule has 0 bridgehead atoms. The lowest BCUT2D eigenvalue weighted by Gasteiger charge is -2.16. The Morgan fingerprint density at radius 1 is 1.33 bits per heavy atom.